The number of esters is 1. The Labute approximate surface area is 125 Å². The fourth-order valence-electron chi connectivity index (χ4n) is 2.18. The molecule has 118 valence electrons. The van der Waals surface area contributed by atoms with E-state index in [1.165, 1.54) is 25.7 Å². The van der Waals surface area contributed by atoms with Crippen molar-refractivity contribution in [1.29, 1.82) is 0 Å². The first-order valence-corrected chi connectivity index (χ1v) is 7.77. The van der Waals surface area contributed by atoms with Gasteiger partial charge in [-0.15, -0.1) is 0 Å². The van der Waals surface area contributed by atoms with E-state index in [-0.39, 0.29) is 12.5 Å². The maximum Gasteiger partial charge on any atom is 0.394 e. The van der Waals surface area contributed by atoms with Crippen molar-refractivity contribution in [3.8, 4) is 0 Å². The molecule has 0 amide bonds. The van der Waals surface area contributed by atoms with Crippen LogP contribution in [0.1, 0.15) is 74.3 Å². The second-order valence-electron chi connectivity index (χ2n) is 5.11. The number of unbranched alkanes of at least 4 members (excludes halogenated alkanes) is 5. The molecule has 0 aliphatic rings. The number of hydrogen-bond acceptors (Lipinski definition) is 5. The van der Waals surface area contributed by atoms with Crippen LogP contribution >= 0.6 is 0 Å². The van der Waals surface area contributed by atoms with Crippen molar-refractivity contribution < 1.29 is 13.9 Å². The zero-order valence-corrected chi connectivity index (χ0v) is 13.2. The van der Waals surface area contributed by atoms with Gasteiger partial charge < -0.3 is 9.15 Å². The van der Waals surface area contributed by atoms with Gasteiger partial charge in [-0.2, -0.15) is 0 Å². The van der Waals surface area contributed by atoms with E-state index in [0.717, 1.165) is 12.8 Å². The molecule has 0 fully saturated rings. The highest BCUT2D eigenvalue weighted by Crippen LogP contribution is 2.10. The van der Waals surface area contributed by atoms with E-state index in [1.807, 2.05) is 0 Å². The summed E-state index contributed by atoms with van der Waals surface area (Å²) in [5, 5.41) is 0. The summed E-state index contributed by atoms with van der Waals surface area (Å²) in [4.78, 5) is 27.5. The van der Waals surface area contributed by atoms with Crippen LogP contribution in [-0.2, 0) is 11.2 Å². The number of aromatic nitrogens is 1. The Hall–Kier alpha value is -1.65. The maximum atomic E-state index is 11.9. The summed E-state index contributed by atoms with van der Waals surface area (Å²) in [6, 6.07) is 0. The van der Waals surface area contributed by atoms with E-state index in [2.05, 4.69) is 11.9 Å². The maximum absolute atomic E-state index is 11.9. The molecule has 0 radical (unpaired) electrons. The predicted molar refractivity (Wildman–Crippen MR) is 80.5 cm³/mol. The Morgan fingerprint density at radius 1 is 1.14 bits per heavy atom. The lowest BCUT2D eigenvalue weighted by Gasteiger charge is -2.05. The van der Waals surface area contributed by atoms with Crippen LogP contribution in [0.25, 0.3) is 0 Å². The molecule has 0 saturated heterocycles. The van der Waals surface area contributed by atoms with Gasteiger partial charge in [-0.3, -0.25) is 0 Å². The third-order valence-corrected chi connectivity index (χ3v) is 3.37. The van der Waals surface area contributed by atoms with Gasteiger partial charge in [0.05, 0.1) is 17.9 Å². The van der Waals surface area contributed by atoms with Crippen LogP contribution in [0.3, 0.4) is 0 Å². The number of hydrogen-bond donors (Lipinski definition) is 0. The van der Waals surface area contributed by atoms with Gasteiger partial charge in [0.2, 0.25) is 0 Å². The quantitative estimate of drug-likeness (QED) is 0.515. The summed E-state index contributed by atoms with van der Waals surface area (Å²) in [5.41, 5.74) is 0.653. The van der Waals surface area contributed by atoms with Crippen molar-refractivity contribution in [2.24, 2.45) is 0 Å². The number of aryl methyl sites for hydroxylation is 1. The van der Waals surface area contributed by atoms with E-state index in [4.69, 9.17) is 9.15 Å². The molecule has 1 heterocycles. The number of carbonyl (C=O) groups is 1. The minimum absolute atomic E-state index is 0.225. The molecule has 5 heteroatoms. The van der Waals surface area contributed by atoms with Crippen molar-refractivity contribution in [2.45, 2.75) is 65.7 Å². The molecule has 0 spiro atoms. The lowest BCUT2D eigenvalue weighted by molar-refractivity contribution is 0.0471. The minimum Gasteiger partial charge on any atom is -0.459 e. The average Bonchev–Trinajstić information content (AvgIpc) is 2.45. The topological polar surface area (TPSA) is 69.4 Å². The lowest BCUT2D eigenvalue weighted by atomic mass is 10.1. The number of rotatable bonds is 9. The van der Waals surface area contributed by atoms with Crippen LogP contribution in [0.5, 0.6) is 0 Å². The van der Waals surface area contributed by atoms with E-state index in [0.29, 0.717) is 17.7 Å². The van der Waals surface area contributed by atoms with Gasteiger partial charge >= 0.3 is 17.5 Å². The Morgan fingerprint density at radius 3 is 2.43 bits per heavy atom. The van der Waals surface area contributed by atoms with Gasteiger partial charge in [-0.05, 0) is 26.7 Å². The third kappa shape index (κ3) is 5.69. The van der Waals surface area contributed by atoms with Crippen molar-refractivity contribution in [3.05, 3.63) is 27.6 Å². The van der Waals surface area contributed by atoms with E-state index in [1.54, 1.807) is 13.8 Å². The van der Waals surface area contributed by atoms with Gasteiger partial charge in [0.25, 0.3) is 0 Å². The third-order valence-electron chi connectivity index (χ3n) is 3.37. The molecular weight excluding hydrogens is 270 g/mol. The van der Waals surface area contributed by atoms with Crippen LogP contribution in [0.2, 0.25) is 0 Å². The highest BCUT2D eigenvalue weighted by Gasteiger charge is 2.16. The molecule has 0 saturated carbocycles. The SMILES string of the molecule is CCCCCCCCc1c(C)nc(C(=O)OCC)oc1=O. The smallest absolute Gasteiger partial charge is 0.394 e. The van der Waals surface area contributed by atoms with Crippen LogP contribution in [0, 0.1) is 6.92 Å². The molecule has 0 aliphatic heterocycles. The minimum atomic E-state index is -0.691. The summed E-state index contributed by atoms with van der Waals surface area (Å²) in [6.07, 6.45) is 7.60. The fourth-order valence-corrected chi connectivity index (χ4v) is 2.18. The Morgan fingerprint density at radius 2 is 1.81 bits per heavy atom. The molecular formula is C16H25NO4. The van der Waals surface area contributed by atoms with Gasteiger partial charge in [-0.25, -0.2) is 14.6 Å². The Kier molecular flexibility index (Phi) is 7.72. The molecule has 0 N–H and O–H groups in total. The predicted octanol–water partition coefficient (Wildman–Crippen LogP) is 3.42. The molecule has 0 aliphatic carbocycles. The van der Waals surface area contributed by atoms with Crippen LogP contribution in [0.4, 0.5) is 0 Å². The number of nitrogens with zero attached hydrogens (tertiary/aromatic N) is 1. The summed E-state index contributed by atoms with van der Waals surface area (Å²) < 4.78 is 9.74. The van der Waals surface area contributed by atoms with E-state index in [9.17, 15) is 9.59 Å². The first-order chi connectivity index (χ1) is 10.1. The Bertz CT molecular complexity index is 507. The summed E-state index contributed by atoms with van der Waals surface area (Å²) in [6.45, 7) is 5.83. The van der Waals surface area contributed by atoms with E-state index >= 15 is 0 Å². The summed E-state index contributed by atoms with van der Waals surface area (Å²) >= 11 is 0. The first kappa shape index (κ1) is 17.4. The number of carbonyl (C=O) groups excluding carboxylic acids is 1. The van der Waals surface area contributed by atoms with Gasteiger partial charge in [0.1, 0.15) is 0 Å². The Balaban J connectivity index is 2.60. The summed E-state index contributed by atoms with van der Waals surface area (Å²) in [5.74, 6) is -0.949. The molecule has 1 aromatic heterocycles. The average molecular weight is 295 g/mol. The molecule has 0 bridgehead atoms. The molecule has 1 rings (SSSR count). The van der Waals surface area contributed by atoms with Gasteiger partial charge in [-0.1, -0.05) is 39.0 Å². The normalized spacial score (nSPS) is 10.6. The fraction of sp³-hybridized carbons (Fsp3) is 0.688. The number of ether oxygens (including phenoxy) is 1. The second-order valence-corrected chi connectivity index (χ2v) is 5.11. The molecule has 0 aromatic carbocycles. The first-order valence-electron chi connectivity index (χ1n) is 7.77. The monoisotopic (exact) mass is 295 g/mol. The van der Waals surface area contributed by atoms with Crippen molar-refractivity contribution in [3.63, 3.8) is 0 Å². The van der Waals surface area contributed by atoms with Crippen LogP contribution in [0.15, 0.2) is 9.21 Å². The van der Waals surface area contributed by atoms with E-state index < -0.39 is 11.6 Å². The lowest BCUT2D eigenvalue weighted by Crippen LogP contribution is -2.18. The largest absolute Gasteiger partial charge is 0.459 e. The summed E-state index contributed by atoms with van der Waals surface area (Å²) in [7, 11) is 0. The van der Waals surface area contributed by atoms with Gasteiger partial charge in [0.15, 0.2) is 0 Å². The molecule has 0 atom stereocenters. The zero-order valence-electron chi connectivity index (χ0n) is 13.2. The van der Waals surface area contributed by atoms with Crippen molar-refractivity contribution in [1.82, 2.24) is 4.98 Å². The molecule has 5 nitrogen and oxygen atoms in total. The van der Waals surface area contributed by atoms with Gasteiger partial charge in [0, 0.05) is 0 Å². The molecule has 1 aromatic rings. The zero-order chi connectivity index (χ0) is 15.7. The second kappa shape index (κ2) is 9.32. The van der Waals surface area contributed by atoms with Crippen molar-refractivity contribution in [2.75, 3.05) is 6.61 Å². The van der Waals surface area contributed by atoms with Crippen LogP contribution < -0.4 is 5.63 Å². The highest BCUT2D eigenvalue weighted by molar-refractivity contribution is 5.84. The van der Waals surface area contributed by atoms with Crippen LogP contribution in [-0.4, -0.2) is 17.6 Å². The highest BCUT2D eigenvalue weighted by atomic mass is 16.5. The molecule has 0 unspecified atom stereocenters. The van der Waals surface area contributed by atoms with Crippen molar-refractivity contribution >= 4 is 5.97 Å². The molecule has 21 heavy (non-hydrogen) atoms. The standard InChI is InChI=1S/C16H25NO4/c1-4-6-7-8-9-10-11-13-12(3)17-14(21-15(13)18)16(19)20-5-2/h4-11H2,1-3H3.